The zero-order chi connectivity index (χ0) is 21.7. The van der Waals surface area contributed by atoms with Gasteiger partial charge in [-0.1, -0.05) is 37.3 Å². The summed E-state index contributed by atoms with van der Waals surface area (Å²) in [5, 5.41) is 4.09. The summed E-state index contributed by atoms with van der Waals surface area (Å²) >= 11 is 0. The van der Waals surface area contributed by atoms with Crippen LogP contribution in [0.2, 0.25) is 0 Å². The van der Waals surface area contributed by atoms with E-state index in [9.17, 15) is 14.4 Å². The molecule has 0 aliphatic heterocycles. The number of rotatable bonds is 8. The van der Waals surface area contributed by atoms with Gasteiger partial charge in [0.2, 0.25) is 5.78 Å². The molecule has 2 aromatic heterocycles. The van der Waals surface area contributed by atoms with Crippen molar-refractivity contribution < 1.29 is 14.3 Å². The summed E-state index contributed by atoms with van der Waals surface area (Å²) in [6, 6.07) is 13.7. The van der Waals surface area contributed by atoms with Gasteiger partial charge in [0.25, 0.3) is 5.56 Å². The van der Waals surface area contributed by atoms with E-state index in [4.69, 9.17) is 4.74 Å². The van der Waals surface area contributed by atoms with E-state index in [1.54, 1.807) is 0 Å². The molecule has 0 saturated heterocycles. The van der Waals surface area contributed by atoms with Gasteiger partial charge in [-0.25, -0.2) is 9.48 Å². The van der Waals surface area contributed by atoms with Crippen LogP contribution in [0.4, 0.5) is 0 Å². The maximum absolute atomic E-state index is 12.6. The van der Waals surface area contributed by atoms with Crippen LogP contribution in [-0.4, -0.2) is 32.7 Å². The minimum atomic E-state index is -0.743. The highest BCUT2D eigenvalue weighted by Crippen LogP contribution is 2.16. The van der Waals surface area contributed by atoms with E-state index in [2.05, 4.69) is 16.6 Å². The van der Waals surface area contributed by atoms with Crippen molar-refractivity contribution in [3.05, 3.63) is 87.1 Å². The SMILES string of the molecule is CCCn1c(C)cc(C(=O)COC(=O)c2ccc(=O)n(Cc3ccccc3)n2)c1C. The zero-order valence-corrected chi connectivity index (χ0v) is 17.4. The highest BCUT2D eigenvalue weighted by molar-refractivity contribution is 6.00. The van der Waals surface area contributed by atoms with Crippen LogP contribution in [0.25, 0.3) is 0 Å². The Balaban J connectivity index is 1.69. The second kappa shape index (κ2) is 9.35. The summed E-state index contributed by atoms with van der Waals surface area (Å²) in [4.78, 5) is 37.0. The molecule has 0 bridgehead atoms. The first kappa shape index (κ1) is 21.2. The second-order valence-corrected chi connectivity index (χ2v) is 7.14. The lowest BCUT2D eigenvalue weighted by molar-refractivity contribution is 0.0466. The highest BCUT2D eigenvalue weighted by Gasteiger charge is 2.18. The minimum Gasteiger partial charge on any atom is -0.453 e. The Hall–Kier alpha value is -3.48. The Bertz CT molecular complexity index is 1110. The molecule has 0 spiro atoms. The van der Waals surface area contributed by atoms with E-state index in [1.165, 1.54) is 16.8 Å². The van der Waals surface area contributed by atoms with Gasteiger partial charge in [0, 0.05) is 29.6 Å². The van der Waals surface area contributed by atoms with Gasteiger partial charge in [-0.05, 0) is 38.0 Å². The van der Waals surface area contributed by atoms with Crippen LogP contribution in [0.3, 0.4) is 0 Å². The van der Waals surface area contributed by atoms with Gasteiger partial charge in [0.15, 0.2) is 12.3 Å². The molecule has 2 heterocycles. The third kappa shape index (κ3) is 4.74. The molecule has 1 aromatic carbocycles. The number of aromatic nitrogens is 3. The molecule has 3 aromatic rings. The maximum atomic E-state index is 12.6. The van der Waals surface area contributed by atoms with E-state index < -0.39 is 5.97 Å². The standard InChI is InChI=1S/C23H25N3O4/c1-4-12-25-16(2)13-19(17(25)3)21(27)15-30-23(29)20-10-11-22(28)26(24-20)14-18-8-6-5-7-9-18/h5-11,13H,4,12,14-15H2,1-3H3. The van der Waals surface area contributed by atoms with Crippen molar-refractivity contribution in [2.45, 2.75) is 40.3 Å². The third-order valence-electron chi connectivity index (χ3n) is 4.91. The normalized spacial score (nSPS) is 10.8. The number of Topliss-reactive ketones (excluding diaryl/α,β-unsaturated/α-hetero) is 1. The molecule has 30 heavy (non-hydrogen) atoms. The fraction of sp³-hybridized carbons (Fsp3) is 0.304. The Morgan fingerprint density at radius 3 is 2.50 bits per heavy atom. The topological polar surface area (TPSA) is 83.2 Å². The predicted octanol–water partition coefficient (Wildman–Crippen LogP) is 3.16. The Kier molecular flexibility index (Phi) is 6.61. The van der Waals surface area contributed by atoms with Crippen molar-refractivity contribution in [1.82, 2.24) is 14.3 Å². The van der Waals surface area contributed by atoms with Gasteiger partial charge < -0.3 is 9.30 Å². The Morgan fingerprint density at radius 2 is 1.80 bits per heavy atom. The van der Waals surface area contributed by atoms with Crippen LogP contribution in [0.5, 0.6) is 0 Å². The van der Waals surface area contributed by atoms with Crippen molar-refractivity contribution in [1.29, 1.82) is 0 Å². The number of carbonyl (C=O) groups excluding carboxylic acids is 2. The van der Waals surface area contributed by atoms with Crippen LogP contribution >= 0.6 is 0 Å². The van der Waals surface area contributed by atoms with Crippen LogP contribution < -0.4 is 5.56 Å². The van der Waals surface area contributed by atoms with Crippen molar-refractivity contribution in [3.63, 3.8) is 0 Å². The van der Waals surface area contributed by atoms with Gasteiger partial charge in [-0.3, -0.25) is 9.59 Å². The number of ether oxygens (including phenoxy) is 1. The molecule has 0 aliphatic rings. The smallest absolute Gasteiger partial charge is 0.359 e. The number of esters is 1. The molecule has 3 rings (SSSR count). The van der Waals surface area contributed by atoms with Crippen LogP contribution in [0.1, 0.15) is 51.1 Å². The van der Waals surface area contributed by atoms with Crippen molar-refractivity contribution in [2.24, 2.45) is 0 Å². The van der Waals surface area contributed by atoms with E-state index in [-0.39, 0.29) is 30.2 Å². The number of hydrogen-bond acceptors (Lipinski definition) is 5. The monoisotopic (exact) mass is 407 g/mol. The second-order valence-electron chi connectivity index (χ2n) is 7.14. The first-order chi connectivity index (χ1) is 14.4. The first-order valence-corrected chi connectivity index (χ1v) is 9.89. The molecule has 156 valence electrons. The molecule has 0 amide bonds. The van der Waals surface area contributed by atoms with Crippen LogP contribution in [0.15, 0.2) is 53.3 Å². The summed E-state index contributed by atoms with van der Waals surface area (Å²) in [5.74, 6) is -1.01. The quantitative estimate of drug-likeness (QED) is 0.423. The summed E-state index contributed by atoms with van der Waals surface area (Å²) in [7, 11) is 0. The number of ketones is 1. The number of aryl methyl sites for hydroxylation is 1. The molecule has 7 nitrogen and oxygen atoms in total. The number of benzene rings is 1. The largest absolute Gasteiger partial charge is 0.453 e. The number of carbonyl (C=O) groups is 2. The molecule has 0 atom stereocenters. The van der Waals surface area contributed by atoms with Gasteiger partial charge in [-0.15, -0.1) is 0 Å². The van der Waals surface area contributed by atoms with Crippen LogP contribution in [-0.2, 0) is 17.8 Å². The fourth-order valence-corrected chi connectivity index (χ4v) is 3.36. The molecule has 0 fully saturated rings. The van der Waals surface area contributed by atoms with Gasteiger partial charge in [0.1, 0.15) is 0 Å². The maximum Gasteiger partial charge on any atom is 0.359 e. The van der Waals surface area contributed by atoms with E-state index >= 15 is 0 Å². The average Bonchev–Trinajstić information content (AvgIpc) is 3.03. The lowest BCUT2D eigenvalue weighted by Gasteiger charge is -2.09. The Morgan fingerprint density at radius 1 is 1.07 bits per heavy atom. The number of nitrogens with zero attached hydrogens (tertiary/aromatic N) is 3. The van der Waals surface area contributed by atoms with E-state index in [0.717, 1.165) is 29.9 Å². The molecular weight excluding hydrogens is 382 g/mol. The molecule has 0 saturated carbocycles. The van der Waals surface area contributed by atoms with Gasteiger partial charge in [-0.2, -0.15) is 5.10 Å². The zero-order valence-electron chi connectivity index (χ0n) is 17.4. The minimum absolute atomic E-state index is 0.0187. The molecule has 0 N–H and O–H groups in total. The molecule has 0 aliphatic carbocycles. The van der Waals surface area contributed by atoms with E-state index in [1.807, 2.05) is 50.2 Å². The van der Waals surface area contributed by atoms with Crippen molar-refractivity contribution in [2.75, 3.05) is 6.61 Å². The van der Waals surface area contributed by atoms with Crippen LogP contribution in [0, 0.1) is 13.8 Å². The summed E-state index contributed by atoms with van der Waals surface area (Å²) in [5.41, 5.74) is 2.96. The first-order valence-electron chi connectivity index (χ1n) is 9.89. The number of hydrogen-bond donors (Lipinski definition) is 0. The summed E-state index contributed by atoms with van der Waals surface area (Å²) in [6.07, 6.45) is 0.962. The molecule has 7 heteroatoms. The fourth-order valence-electron chi connectivity index (χ4n) is 3.36. The summed E-state index contributed by atoms with van der Waals surface area (Å²) < 4.78 is 8.46. The average molecular weight is 407 g/mol. The lowest BCUT2D eigenvalue weighted by Crippen LogP contribution is -2.26. The molecular formula is C23H25N3O4. The lowest BCUT2D eigenvalue weighted by atomic mass is 10.1. The Labute approximate surface area is 174 Å². The predicted molar refractivity (Wildman–Crippen MR) is 113 cm³/mol. The van der Waals surface area contributed by atoms with Crippen molar-refractivity contribution in [3.8, 4) is 0 Å². The highest BCUT2D eigenvalue weighted by atomic mass is 16.5. The van der Waals surface area contributed by atoms with Crippen molar-refractivity contribution >= 4 is 11.8 Å². The third-order valence-corrected chi connectivity index (χ3v) is 4.91. The van der Waals surface area contributed by atoms with Gasteiger partial charge in [0.05, 0.1) is 6.54 Å². The van der Waals surface area contributed by atoms with Gasteiger partial charge >= 0.3 is 5.97 Å². The molecule has 0 radical (unpaired) electrons. The molecule has 0 unspecified atom stereocenters. The summed E-state index contributed by atoms with van der Waals surface area (Å²) in [6.45, 7) is 6.60. The van der Waals surface area contributed by atoms with E-state index in [0.29, 0.717) is 5.56 Å².